The molecule has 35 heavy (non-hydrogen) atoms. The molecule has 3 aromatic heterocycles. The molecular weight excluding hydrogens is 462 g/mol. The summed E-state index contributed by atoms with van der Waals surface area (Å²) in [4.78, 5) is 37.2. The average Bonchev–Trinajstić information content (AvgIpc) is 3.47. The molecule has 182 valence electrons. The monoisotopic (exact) mass is 491 g/mol. The summed E-state index contributed by atoms with van der Waals surface area (Å²) in [6.45, 7) is 4.50. The minimum atomic E-state index is -0.307. The number of morpholine rings is 1. The summed E-state index contributed by atoms with van der Waals surface area (Å²) in [6.07, 6.45) is 3.24. The first-order chi connectivity index (χ1) is 17.1. The molecule has 8 nitrogen and oxygen atoms in total. The number of pyridine rings is 2. The van der Waals surface area contributed by atoms with Gasteiger partial charge in [-0.25, -0.2) is 4.98 Å². The van der Waals surface area contributed by atoms with Gasteiger partial charge in [-0.1, -0.05) is 12.1 Å². The number of para-hydroxylation sites is 1. The molecule has 0 bridgehead atoms. The van der Waals surface area contributed by atoms with E-state index in [4.69, 9.17) is 9.72 Å². The zero-order valence-corrected chi connectivity index (χ0v) is 20.6. The molecular formula is C26H29N5O3S. The maximum atomic E-state index is 13.7. The van der Waals surface area contributed by atoms with Crippen LogP contribution in [0.1, 0.15) is 29.6 Å². The number of anilines is 1. The zero-order valence-electron chi connectivity index (χ0n) is 19.8. The first kappa shape index (κ1) is 22.5. The summed E-state index contributed by atoms with van der Waals surface area (Å²) in [5, 5.41) is 3.50. The summed E-state index contributed by atoms with van der Waals surface area (Å²) in [5.74, 6) is 0.515. The van der Waals surface area contributed by atoms with E-state index >= 15 is 0 Å². The molecule has 0 aliphatic carbocycles. The number of nitrogens with zero attached hydrogens (tertiary/aromatic N) is 4. The van der Waals surface area contributed by atoms with Crippen LogP contribution in [0, 0.1) is 0 Å². The molecule has 2 aliphatic rings. The lowest BCUT2D eigenvalue weighted by atomic mass is 10.1. The Hall–Kier alpha value is -3.01. The van der Waals surface area contributed by atoms with Crippen LogP contribution in [0.5, 0.6) is 0 Å². The third-order valence-electron chi connectivity index (χ3n) is 7.27. The van der Waals surface area contributed by atoms with Crippen molar-refractivity contribution in [3.8, 4) is 0 Å². The van der Waals surface area contributed by atoms with Crippen LogP contribution >= 0.6 is 11.3 Å². The Labute approximate surface area is 207 Å². The molecule has 1 N–H and O–H groups in total. The van der Waals surface area contributed by atoms with E-state index in [2.05, 4.69) is 22.2 Å². The number of hydrogen-bond donors (Lipinski definition) is 1. The predicted molar refractivity (Wildman–Crippen MR) is 140 cm³/mol. The van der Waals surface area contributed by atoms with E-state index in [1.807, 2.05) is 40.8 Å². The van der Waals surface area contributed by atoms with Gasteiger partial charge >= 0.3 is 0 Å². The van der Waals surface area contributed by atoms with Crippen molar-refractivity contribution in [2.24, 2.45) is 0 Å². The Morgan fingerprint density at radius 1 is 1.17 bits per heavy atom. The Kier molecular flexibility index (Phi) is 5.91. The highest BCUT2D eigenvalue weighted by Gasteiger charge is 2.25. The van der Waals surface area contributed by atoms with Crippen molar-refractivity contribution in [1.82, 2.24) is 19.6 Å². The third kappa shape index (κ3) is 3.97. The zero-order chi connectivity index (χ0) is 23.9. The van der Waals surface area contributed by atoms with Crippen molar-refractivity contribution in [3.05, 3.63) is 52.2 Å². The normalized spacial score (nSPS) is 19.2. The van der Waals surface area contributed by atoms with Gasteiger partial charge in [0.15, 0.2) is 5.65 Å². The second-order valence-electron chi connectivity index (χ2n) is 9.38. The molecule has 5 heterocycles. The topological polar surface area (TPSA) is 79.2 Å². The summed E-state index contributed by atoms with van der Waals surface area (Å²) in [6, 6.07) is 12.2. The lowest BCUT2D eigenvalue weighted by Crippen LogP contribution is -2.37. The Bertz CT molecular complexity index is 1470. The highest BCUT2D eigenvalue weighted by atomic mass is 32.1. The lowest BCUT2D eigenvalue weighted by molar-refractivity contribution is 0.0951. The summed E-state index contributed by atoms with van der Waals surface area (Å²) in [7, 11) is 2.13. The number of benzene rings is 1. The van der Waals surface area contributed by atoms with Gasteiger partial charge in [-0.15, -0.1) is 11.3 Å². The van der Waals surface area contributed by atoms with Crippen molar-refractivity contribution in [1.29, 1.82) is 0 Å². The van der Waals surface area contributed by atoms with Crippen molar-refractivity contribution >= 4 is 49.1 Å². The Balaban J connectivity index is 1.45. The molecule has 2 saturated heterocycles. The van der Waals surface area contributed by atoms with Crippen molar-refractivity contribution in [3.63, 3.8) is 0 Å². The van der Waals surface area contributed by atoms with Gasteiger partial charge in [-0.3, -0.25) is 14.0 Å². The smallest absolute Gasteiger partial charge is 0.258 e. The van der Waals surface area contributed by atoms with E-state index in [9.17, 15) is 9.59 Å². The van der Waals surface area contributed by atoms with Gasteiger partial charge in [-0.2, -0.15) is 0 Å². The number of fused-ring (bicyclic) bond motifs is 5. The first-order valence-corrected chi connectivity index (χ1v) is 13.1. The highest BCUT2D eigenvalue weighted by Crippen LogP contribution is 2.31. The minimum absolute atomic E-state index is 0.208. The van der Waals surface area contributed by atoms with Crippen LogP contribution in [0.15, 0.2) is 41.2 Å². The Morgan fingerprint density at radius 3 is 2.80 bits per heavy atom. The molecule has 2 aliphatic heterocycles. The Morgan fingerprint density at radius 2 is 2.00 bits per heavy atom. The van der Waals surface area contributed by atoms with Gasteiger partial charge in [0, 0.05) is 25.7 Å². The molecule has 1 aromatic carbocycles. The predicted octanol–water partition coefficient (Wildman–Crippen LogP) is 3.11. The van der Waals surface area contributed by atoms with E-state index in [1.54, 1.807) is 0 Å². The first-order valence-electron chi connectivity index (χ1n) is 12.3. The molecule has 1 atom stereocenters. The van der Waals surface area contributed by atoms with Crippen molar-refractivity contribution < 1.29 is 9.53 Å². The van der Waals surface area contributed by atoms with Crippen LogP contribution in [0.3, 0.4) is 0 Å². The molecule has 4 aromatic rings. The number of aromatic nitrogens is 2. The molecule has 9 heteroatoms. The number of amides is 1. The number of carbonyl (C=O) groups is 1. The standard InChI is InChI=1S/C26H29N5O3S/c1-29-12-4-5-17(29)10-11-27-25(33)22-23(32)18-8-9-21(30-13-15-34-16-14-30)28-24(18)31-19-6-2-3-7-20(19)35-26(22)31/h2-3,6-9,17H,4-5,10-16H2,1H3,(H,27,33). The molecule has 0 saturated carbocycles. The number of carbonyl (C=O) groups excluding carboxylic acids is 1. The average molecular weight is 492 g/mol. The summed E-state index contributed by atoms with van der Waals surface area (Å²) >= 11 is 1.47. The van der Waals surface area contributed by atoms with Gasteiger partial charge in [0.2, 0.25) is 5.43 Å². The SMILES string of the molecule is CN1CCCC1CCNC(=O)c1c(=O)c2ccc(N3CCOCC3)nc2n2c1sc1ccccc12. The van der Waals surface area contributed by atoms with E-state index in [1.165, 1.54) is 17.8 Å². The molecule has 2 fully saturated rings. The molecule has 6 rings (SSSR count). The second-order valence-corrected chi connectivity index (χ2v) is 10.4. The van der Waals surface area contributed by atoms with Crippen molar-refractivity contribution in [2.75, 3.05) is 51.3 Å². The largest absolute Gasteiger partial charge is 0.378 e. The van der Waals surface area contributed by atoms with Crippen molar-refractivity contribution in [2.45, 2.75) is 25.3 Å². The second kappa shape index (κ2) is 9.22. The van der Waals surface area contributed by atoms with Gasteiger partial charge in [0.1, 0.15) is 16.2 Å². The number of hydrogen-bond acceptors (Lipinski definition) is 7. The number of thiazole rings is 1. The number of likely N-dealkylation sites (tertiary alicyclic amines) is 1. The molecule has 0 spiro atoms. The number of ether oxygens (including phenoxy) is 1. The molecule has 1 unspecified atom stereocenters. The lowest BCUT2D eigenvalue weighted by Gasteiger charge is -2.28. The van der Waals surface area contributed by atoms with E-state index in [0.717, 1.165) is 48.5 Å². The van der Waals surface area contributed by atoms with Gasteiger partial charge in [0.25, 0.3) is 5.91 Å². The van der Waals surface area contributed by atoms with Crippen LogP contribution in [-0.2, 0) is 4.74 Å². The fourth-order valence-electron chi connectivity index (χ4n) is 5.33. The number of nitrogens with one attached hydrogen (secondary N) is 1. The van der Waals surface area contributed by atoms with Crippen LogP contribution in [0.4, 0.5) is 5.82 Å². The van der Waals surface area contributed by atoms with E-state index in [0.29, 0.717) is 41.7 Å². The van der Waals surface area contributed by atoms with Gasteiger partial charge in [0.05, 0.1) is 28.8 Å². The summed E-state index contributed by atoms with van der Waals surface area (Å²) < 4.78 is 8.49. The minimum Gasteiger partial charge on any atom is -0.378 e. The van der Waals surface area contributed by atoms with Crippen LogP contribution < -0.4 is 15.6 Å². The number of rotatable bonds is 5. The fraction of sp³-hybridized carbons (Fsp3) is 0.423. The molecule has 0 radical (unpaired) electrons. The quantitative estimate of drug-likeness (QED) is 0.462. The van der Waals surface area contributed by atoms with Crippen LogP contribution in [0.25, 0.3) is 26.1 Å². The highest BCUT2D eigenvalue weighted by molar-refractivity contribution is 7.24. The van der Waals surface area contributed by atoms with E-state index < -0.39 is 0 Å². The molecule has 1 amide bonds. The maximum absolute atomic E-state index is 13.7. The van der Waals surface area contributed by atoms with Gasteiger partial charge in [-0.05, 0) is 57.1 Å². The van der Waals surface area contributed by atoms with Crippen LogP contribution in [-0.4, -0.2) is 72.7 Å². The van der Waals surface area contributed by atoms with Crippen LogP contribution in [0.2, 0.25) is 0 Å². The summed E-state index contributed by atoms with van der Waals surface area (Å²) in [5.41, 5.74) is 1.49. The maximum Gasteiger partial charge on any atom is 0.258 e. The van der Waals surface area contributed by atoms with Gasteiger partial charge < -0.3 is 19.9 Å². The van der Waals surface area contributed by atoms with E-state index in [-0.39, 0.29) is 16.9 Å². The third-order valence-corrected chi connectivity index (χ3v) is 8.42. The fourth-order valence-corrected chi connectivity index (χ4v) is 6.51.